The summed E-state index contributed by atoms with van der Waals surface area (Å²) in [4.78, 5) is 32.2. The van der Waals surface area contributed by atoms with Crippen LogP contribution in [0.1, 0.15) is 45.2 Å². The van der Waals surface area contributed by atoms with Gasteiger partial charge in [-0.05, 0) is 96.0 Å². The number of fused-ring (bicyclic) bond motifs is 2. The molecule has 460 valence electrons. The summed E-state index contributed by atoms with van der Waals surface area (Å²) in [6, 6.07) is 21.0. The Morgan fingerprint density at radius 1 is 0.530 bits per heavy atom. The second-order valence-corrected chi connectivity index (χ2v) is 25.1. The van der Waals surface area contributed by atoms with Crippen LogP contribution in [0.5, 0.6) is 0 Å². The summed E-state index contributed by atoms with van der Waals surface area (Å²) in [6.07, 6.45) is 0. The number of carbonyl (C=O) groups excluding carboxylic acids is 2. The number of likely N-dealkylation sites (N-methyl/N-ethyl adjacent to an activating group) is 2. The molecular formula is C56H78Cl4N8O13S2. The zero-order valence-corrected chi connectivity index (χ0v) is 51.7. The monoisotopic (exact) mass is 1270 g/mol. The maximum Gasteiger partial charge on any atom is 0.240 e. The molecule has 6 rings (SSSR count). The van der Waals surface area contributed by atoms with E-state index in [1.165, 1.54) is 0 Å². The number of halogens is 4. The first-order chi connectivity index (χ1) is 39.9. The van der Waals surface area contributed by atoms with E-state index >= 15 is 0 Å². The summed E-state index contributed by atoms with van der Waals surface area (Å²) in [5.74, 6) is -0.875. The fraction of sp³-hybridized carbons (Fsp3) is 0.536. The van der Waals surface area contributed by atoms with Crippen molar-refractivity contribution in [3.8, 4) is 0 Å². The molecule has 2 amide bonds. The number of nitrogens with one attached hydrogen (secondary N) is 4. The molecule has 21 nitrogen and oxygen atoms in total. The third-order valence-corrected chi connectivity index (χ3v) is 17.4. The van der Waals surface area contributed by atoms with E-state index in [1.54, 1.807) is 53.4 Å². The topological polar surface area (TPSA) is 251 Å². The molecule has 0 aliphatic carbocycles. The SMILES string of the molecule is CN1Cc2c(Cl)cc(Cl)cc2[C@@H](c2cccc(S(=O)(=O)NCCOCCOCCNC(=O)CN(CCOCCOCCOCCN)CC(=O)NCCOCCOCCNS(=O)(=O)c3cccc([C@@H]4CN(C)Cc5c(Cl)cc(Cl)cc54)c3)c2)C1. The highest BCUT2D eigenvalue weighted by Crippen LogP contribution is 2.40. The summed E-state index contributed by atoms with van der Waals surface area (Å²) in [7, 11) is -3.69. The Kier molecular flexibility index (Phi) is 29.6. The third kappa shape index (κ3) is 23.2. The lowest BCUT2D eigenvalue weighted by Crippen LogP contribution is -2.45. The van der Waals surface area contributed by atoms with Crippen LogP contribution in [-0.2, 0) is 75.9 Å². The van der Waals surface area contributed by atoms with Crippen molar-refractivity contribution in [1.82, 2.24) is 34.8 Å². The van der Waals surface area contributed by atoms with Crippen molar-refractivity contribution in [2.75, 3.05) is 172 Å². The van der Waals surface area contributed by atoms with Crippen LogP contribution in [-0.4, -0.2) is 215 Å². The van der Waals surface area contributed by atoms with E-state index in [1.807, 2.05) is 38.4 Å². The number of sulfonamides is 2. The predicted molar refractivity (Wildman–Crippen MR) is 320 cm³/mol. The largest absolute Gasteiger partial charge is 0.378 e. The first-order valence-electron chi connectivity index (χ1n) is 27.5. The standard InChI is InChI=1S/C56H78Cl4N8O13S2/c1-66-35-49(47-31-43(57)33-53(59)51(47)37-66)41-5-3-7-45(29-41)82(71,72)64-12-18-78-24-22-76-16-10-62-55(69)39-68(14-20-80-26-28-81-27-21-75-15-9-61)40-56(70)63-11-17-77-23-25-79-19-13-65-83(73,74)46-8-4-6-42(30-46)50-36-67(2)38-52-48(50)32-44(58)34-54(52)60/h3-8,29-34,49-50,64-65H,9-28,35-40,61H2,1-2H3,(H,62,69)(H,63,70)/t49-,50+. The van der Waals surface area contributed by atoms with Gasteiger partial charge in [0.2, 0.25) is 31.9 Å². The maximum atomic E-state index is 13.3. The number of carbonyl (C=O) groups is 2. The van der Waals surface area contributed by atoms with Gasteiger partial charge in [0.05, 0.1) is 115 Å². The fourth-order valence-electron chi connectivity index (χ4n) is 9.44. The molecule has 2 heterocycles. The van der Waals surface area contributed by atoms with Gasteiger partial charge in [-0.25, -0.2) is 26.3 Å². The number of amides is 2. The molecule has 0 radical (unpaired) electrons. The number of nitrogens with two attached hydrogens (primary N) is 1. The lowest BCUT2D eigenvalue weighted by Gasteiger charge is -2.33. The number of rotatable bonds is 39. The molecule has 2 aliphatic rings. The van der Waals surface area contributed by atoms with Gasteiger partial charge in [-0.3, -0.25) is 14.5 Å². The molecule has 0 spiro atoms. The molecule has 6 N–H and O–H groups in total. The van der Waals surface area contributed by atoms with E-state index in [4.69, 9.17) is 85.3 Å². The number of ether oxygens (including phenoxy) is 7. The van der Waals surface area contributed by atoms with Crippen LogP contribution in [0.25, 0.3) is 0 Å². The minimum Gasteiger partial charge on any atom is -0.378 e. The van der Waals surface area contributed by atoms with E-state index in [0.717, 1.165) is 33.4 Å². The molecule has 83 heavy (non-hydrogen) atoms. The lowest BCUT2D eigenvalue weighted by molar-refractivity contribution is -0.125. The van der Waals surface area contributed by atoms with Crippen LogP contribution in [0.3, 0.4) is 0 Å². The molecule has 0 saturated heterocycles. The van der Waals surface area contributed by atoms with Gasteiger partial charge >= 0.3 is 0 Å². The average molecular weight is 1280 g/mol. The molecule has 0 aromatic heterocycles. The van der Waals surface area contributed by atoms with Crippen molar-refractivity contribution in [2.45, 2.75) is 34.7 Å². The summed E-state index contributed by atoms with van der Waals surface area (Å²) >= 11 is 25.8. The molecule has 4 aromatic rings. The van der Waals surface area contributed by atoms with E-state index in [2.05, 4.69) is 29.9 Å². The van der Waals surface area contributed by atoms with Crippen LogP contribution in [0.15, 0.2) is 82.6 Å². The Labute approximate surface area is 508 Å². The first kappa shape index (κ1) is 68.5. The van der Waals surface area contributed by atoms with Crippen molar-refractivity contribution >= 4 is 78.3 Å². The second-order valence-electron chi connectivity index (χ2n) is 19.8. The Balaban J connectivity index is 0.826. The molecule has 27 heteroatoms. The van der Waals surface area contributed by atoms with Crippen molar-refractivity contribution in [3.05, 3.63) is 126 Å². The highest BCUT2D eigenvalue weighted by Gasteiger charge is 2.30. The van der Waals surface area contributed by atoms with Gasteiger partial charge in [0.25, 0.3) is 0 Å². The van der Waals surface area contributed by atoms with Gasteiger partial charge in [0.15, 0.2) is 0 Å². The second kappa shape index (κ2) is 35.9. The lowest BCUT2D eigenvalue weighted by atomic mass is 9.85. The Bertz CT molecular complexity index is 2740. The van der Waals surface area contributed by atoms with E-state index in [9.17, 15) is 26.4 Å². The molecule has 2 atom stereocenters. The zero-order chi connectivity index (χ0) is 59.6. The average Bonchev–Trinajstić information content (AvgIpc) is 3.62. The maximum absolute atomic E-state index is 13.3. The quantitative estimate of drug-likeness (QED) is 0.0390. The van der Waals surface area contributed by atoms with Crippen LogP contribution in [0.4, 0.5) is 0 Å². The van der Waals surface area contributed by atoms with Crippen LogP contribution < -0.4 is 25.8 Å². The van der Waals surface area contributed by atoms with E-state index in [0.29, 0.717) is 85.8 Å². The molecular weight excluding hydrogens is 1200 g/mol. The highest BCUT2D eigenvalue weighted by atomic mass is 35.5. The van der Waals surface area contributed by atoms with Crippen molar-refractivity contribution in [1.29, 1.82) is 0 Å². The zero-order valence-electron chi connectivity index (χ0n) is 47.0. The number of hydrogen-bond donors (Lipinski definition) is 5. The Hall–Kier alpha value is -3.64. The van der Waals surface area contributed by atoms with E-state index < -0.39 is 20.0 Å². The van der Waals surface area contributed by atoms with E-state index in [-0.39, 0.29) is 139 Å². The molecule has 0 saturated carbocycles. The minimum atomic E-state index is -3.84. The molecule has 0 fully saturated rings. The summed E-state index contributed by atoms with van der Waals surface area (Å²) in [5.41, 5.74) is 11.0. The van der Waals surface area contributed by atoms with Crippen molar-refractivity contribution < 1.29 is 59.6 Å². The van der Waals surface area contributed by atoms with Crippen molar-refractivity contribution in [3.63, 3.8) is 0 Å². The third-order valence-electron chi connectivity index (χ3n) is 13.4. The highest BCUT2D eigenvalue weighted by molar-refractivity contribution is 7.89. The summed E-state index contributed by atoms with van der Waals surface area (Å²) in [6.45, 7) is 7.35. The smallest absolute Gasteiger partial charge is 0.240 e. The predicted octanol–water partition coefficient (Wildman–Crippen LogP) is 4.32. The normalized spacial score (nSPS) is 15.8. The fourth-order valence-corrected chi connectivity index (χ4v) is 12.7. The number of benzene rings is 4. The minimum absolute atomic E-state index is 0.0464. The summed E-state index contributed by atoms with van der Waals surface area (Å²) < 4.78 is 97.2. The van der Waals surface area contributed by atoms with Crippen LogP contribution >= 0.6 is 46.4 Å². The van der Waals surface area contributed by atoms with Gasteiger partial charge in [-0.1, -0.05) is 70.7 Å². The van der Waals surface area contributed by atoms with Gasteiger partial charge in [-0.2, -0.15) is 0 Å². The van der Waals surface area contributed by atoms with Gasteiger partial charge in [0, 0.05) is 97.4 Å². The molecule has 0 bridgehead atoms. The van der Waals surface area contributed by atoms with Crippen LogP contribution in [0, 0.1) is 0 Å². The molecule has 0 unspecified atom stereocenters. The van der Waals surface area contributed by atoms with Crippen LogP contribution in [0.2, 0.25) is 20.1 Å². The Morgan fingerprint density at radius 3 is 1.31 bits per heavy atom. The summed E-state index contributed by atoms with van der Waals surface area (Å²) in [5, 5.41) is 7.83. The Morgan fingerprint density at radius 2 is 0.904 bits per heavy atom. The number of hydrogen-bond acceptors (Lipinski definition) is 17. The molecule has 4 aromatic carbocycles. The van der Waals surface area contributed by atoms with Crippen molar-refractivity contribution in [2.24, 2.45) is 5.73 Å². The first-order valence-corrected chi connectivity index (χ1v) is 31.9. The van der Waals surface area contributed by atoms with Gasteiger partial charge < -0.3 is 59.3 Å². The molecule has 2 aliphatic heterocycles. The van der Waals surface area contributed by atoms with Gasteiger partial charge in [0.1, 0.15) is 0 Å². The van der Waals surface area contributed by atoms with Gasteiger partial charge in [-0.15, -0.1) is 0 Å². The number of nitrogens with zero attached hydrogens (tertiary/aromatic N) is 3.